The molecule has 0 aliphatic heterocycles. The van der Waals surface area contributed by atoms with Gasteiger partial charge in [-0.15, -0.1) is 11.3 Å². The quantitative estimate of drug-likeness (QED) is 0.552. The van der Waals surface area contributed by atoms with E-state index in [2.05, 4.69) is 5.32 Å². The molecule has 144 valence electrons. The van der Waals surface area contributed by atoms with Gasteiger partial charge in [-0.25, -0.2) is 4.79 Å². The second-order valence-corrected chi connectivity index (χ2v) is 7.31. The first-order valence-electron chi connectivity index (χ1n) is 8.54. The standard InChI is InChI=1S/C21H18ClNO4S/c22-16-9-7-15(8-10-16)13-26-19-6-2-1-5-18(19)21(25)27-14-20(24)23-12-17-4-3-11-28-17/h1-11H,12-14H2,(H,23,24). The van der Waals surface area contributed by atoms with E-state index in [-0.39, 0.29) is 24.7 Å². The van der Waals surface area contributed by atoms with E-state index in [0.717, 1.165) is 10.4 Å². The van der Waals surface area contributed by atoms with E-state index < -0.39 is 5.97 Å². The average Bonchev–Trinajstić information content (AvgIpc) is 3.24. The Balaban J connectivity index is 1.53. The van der Waals surface area contributed by atoms with Crippen LogP contribution in [0.3, 0.4) is 0 Å². The van der Waals surface area contributed by atoms with Crippen molar-refractivity contribution in [3.05, 3.63) is 87.1 Å². The van der Waals surface area contributed by atoms with Gasteiger partial charge in [0.15, 0.2) is 6.61 Å². The number of hydrogen-bond acceptors (Lipinski definition) is 5. The third kappa shape index (κ3) is 5.84. The summed E-state index contributed by atoms with van der Waals surface area (Å²) in [5.74, 6) is -0.583. The number of carbonyl (C=O) groups excluding carboxylic acids is 2. The van der Waals surface area contributed by atoms with Gasteiger partial charge in [0.25, 0.3) is 5.91 Å². The van der Waals surface area contributed by atoms with Crippen LogP contribution in [0.4, 0.5) is 0 Å². The molecule has 7 heteroatoms. The molecule has 1 heterocycles. The lowest BCUT2D eigenvalue weighted by atomic mass is 10.2. The number of amides is 1. The van der Waals surface area contributed by atoms with Crippen LogP contribution in [-0.2, 0) is 22.7 Å². The lowest BCUT2D eigenvalue weighted by molar-refractivity contribution is -0.124. The highest BCUT2D eigenvalue weighted by Gasteiger charge is 2.15. The Labute approximate surface area is 171 Å². The largest absolute Gasteiger partial charge is 0.488 e. The molecule has 0 saturated carbocycles. The first kappa shape index (κ1) is 19.9. The van der Waals surface area contributed by atoms with E-state index in [1.54, 1.807) is 47.7 Å². The summed E-state index contributed by atoms with van der Waals surface area (Å²) in [7, 11) is 0. The van der Waals surface area contributed by atoms with Crippen LogP contribution in [-0.4, -0.2) is 18.5 Å². The molecule has 0 aliphatic rings. The van der Waals surface area contributed by atoms with Gasteiger partial charge in [0, 0.05) is 9.90 Å². The number of para-hydroxylation sites is 1. The highest BCUT2D eigenvalue weighted by Crippen LogP contribution is 2.21. The van der Waals surface area contributed by atoms with E-state index in [9.17, 15) is 9.59 Å². The summed E-state index contributed by atoms with van der Waals surface area (Å²) in [6.45, 7) is 0.341. The molecule has 2 aromatic carbocycles. The van der Waals surface area contributed by atoms with Gasteiger partial charge in [-0.1, -0.05) is 41.9 Å². The van der Waals surface area contributed by atoms with Gasteiger partial charge in [0.2, 0.25) is 0 Å². The number of thiophene rings is 1. The van der Waals surface area contributed by atoms with E-state index in [1.165, 1.54) is 0 Å². The molecule has 0 aliphatic carbocycles. The van der Waals surface area contributed by atoms with E-state index in [1.807, 2.05) is 29.6 Å². The Morgan fingerprint density at radius 1 is 1.00 bits per heavy atom. The van der Waals surface area contributed by atoms with Gasteiger partial charge in [-0.05, 0) is 41.3 Å². The van der Waals surface area contributed by atoms with Gasteiger partial charge in [-0.2, -0.15) is 0 Å². The molecule has 0 radical (unpaired) electrons. The Morgan fingerprint density at radius 3 is 2.54 bits per heavy atom. The van der Waals surface area contributed by atoms with E-state index in [0.29, 0.717) is 17.3 Å². The predicted molar refractivity (Wildman–Crippen MR) is 109 cm³/mol. The Hall–Kier alpha value is -2.83. The topological polar surface area (TPSA) is 64.6 Å². The molecule has 0 spiro atoms. The van der Waals surface area contributed by atoms with Crippen molar-refractivity contribution in [3.63, 3.8) is 0 Å². The number of nitrogens with one attached hydrogen (secondary N) is 1. The van der Waals surface area contributed by atoms with Crippen LogP contribution in [0.25, 0.3) is 0 Å². The Morgan fingerprint density at radius 2 is 1.79 bits per heavy atom. The molecule has 1 N–H and O–H groups in total. The van der Waals surface area contributed by atoms with Crippen molar-refractivity contribution in [2.45, 2.75) is 13.2 Å². The predicted octanol–water partition coefficient (Wildman–Crippen LogP) is 4.45. The summed E-state index contributed by atoms with van der Waals surface area (Å²) in [6.07, 6.45) is 0. The number of benzene rings is 2. The van der Waals surface area contributed by atoms with Crippen molar-refractivity contribution in [2.24, 2.45) is 0 Å². The maximum atomic E-state index is 12.4. The summed E-state index contributed by atoms with van der Waals surface area (Å²) in [5.41, 5.74) is 1.18. The van der Waals surface area contributed by atoms with Gasteiger partial charge < -0.3 is 14.8 Å². The molecule has 3 rings (SSSR count). The SMILES string of the molecule is O=C(COC(=O)c1ccccc1OCc1ccc(Cl)cc1)NCc1cccs1. The Bertz CT molecular complexity index is 926. The zero-order valence-corrected chi connectivity index (χ0v) is 16.5. The summed E-state index contributed by atoms with van der Waals surface area (Å²) in [4.78, 5) is 25.3. The third-order valence-corrected chi connectivity index (χ3v) is 4.92. The van der Waals surface area contributed by atoms with Crippen LogP contribution in [0.5, 0.6) is 5.75 Å². The van der Waals surface area contributed by atoms with Gasteiger partial charge in [0.1, 0.15) is 17.9 Å². The molecule has 1 amide bonds. The normalized spacial score (nSPS) is 10.3. The fourth-order valence-electron chi connectivity index (χ4n) is 2.36. The van der Waals surface area contributed by atoms with Crippen LogP contribution in [0.1, 0.15) is 20.8 Å². The first-order valence-corrected chi connectivity index (χ1v) is 9.80. The zero-order chi connectivity index (χ0) is 19.8. The van der Waals surface area contributed by atoms with Gasteiger partial charge >= 0.3 is 5.97 Å². The van der Waals surface area contributed by atoms with Gasteiger partial charge in [0.05, 0.1) is 6.54 Å². The van der Waals surface area contributed by atoms with E-state index in [4.69, 9.17) is 21.1 Å². The third-order valence-electron chi connectivity index (χ3n) is 3.79. The lowest BCUT2D eigenvalue weighted by Crippen LogP contribution is -2.28. The Kier molecular flexibility index (Phi) is 7.06. The first-order chi connectivity index (χ1) is 13.6. The molecule has 1 aromatic heterocycles. The second-order valence-electron chi connectivity index (χ2n) is 5.84. The highest BCUT2D eigenvalue weighted by atomic mass is 35.5. The average molecular weight is 416 g/mol. The molecule has 0 fully saturated rings. The number of halogens is 1. The van der Waals surface area contributed by atoms with Crippen LogP contribution >= 0.6 is 22.9 Å². The molecule has 3 aromatic rings. The van der Waals surface area contributed by atoms with Crippen molar-refractivity contribution >= 4 is 34.8 Å². The monoisotopic (exact) mass is 415 g/mol. The van der Waals surface area contributed by atoms with Crippen molar-refractivity contribution < 1.29 is 19.1 Å². The van der Waals surface area contributed by atoms with Crippen LogP contribution in [0, 0.1) is 0 Å². The van der Waals surface area contributed by atoms with Crippen molar-refractivity contribution in [1.82, 2.24) is 5.32 Å². The summed E-state index contributed by atoms with van der Waals surface area (Å²) >= 11 is 7.42. The lowest BCUT2D eigenvalue weighted by Gasteiger charge is -2.11. The van der Waals surface area contributed by atoms with Crippen molar-refractivity contribution in [1.29, 1.82) is 0 Å². The smallest absolute Gasteiger partial charge is 0.342 e. The summed E-state index contributed by atoms with van der Waals surface area (Å²) in [5, 5.41) is 5.29. The van der Waals surface area contributed by atoms with Gasteiger partial charge in [-0.3, -0.25) is 4.79 Å². The minimum Gasteiger partial charge on any atom is -0.488 e. The van der Waals surface area contributed by atoms with Crippen LogP contribution in [0.15, 0.2) is 66.0 Å². The number of hydrogen-bond donors (Lipinski definition) is 1. The minimum absolute atomic E-state index is 0.266. The molecule has 0 atom stereocenters. The zero-order valence-electron chi connectivity index (χ0n) is 14.9. The molecule has 0 unspecified atom stereocenters. The number of ether oxygens (including phenoxy) is 2. The number of carbonyl (C=O) groups is 2. The minimum atomic E-state index is -0.613. The second kappa shape index (κ2) is 9.92. The fraction of sp³-hybridized carbons (Fsp3) is 0.143. The molecular weight excluding hydrogens is 398 g/mol. The van der Waals surface area contributed by atoms with Crippen LogP contribution < -0.4 is 10.1 Å². The number of esters is 1. The summed E-state index contributed by atoms with van der Waals surface area (Å²) in [6, 6.07) is 17.8. The molecule has 0 bridgehead atoms. The van der Waals surface area contributed by atoms with Crippen LogP contribution in [0.2, 0.25) is 5.02 Å². The molecule has 0 saturated heterocycles. The summed E-state index contributed by atoms with van der Waals surface area (Å²) < 4.78 is 10.9. The highest BCUT2D eigenvalue weighted by molar-refractivity contribution is 7.09. The maximum absolute atomic E-state index is 12.4. The van der Waals surface area contributed by atoms with E-state index >= 15 is 0 Å². The molecule has 28 heavy (non-hydrogen) atoms. The van der Waals surface area contributed by atoms with Crippen molar-refractivity contribution in [3.8, 4) is 5.75 Å². The fourth-order valence-corrected chi connectivity index (χ4v) is 3.13. The number of rotatable bonds is 8. The molecule has 5 nitrogen and oxygen atoms in total. The molecular formula is C21H18ClNO4S. The maximum Gasteiger partial charge on any atom is 0.342 e. The van der Waals surface area contributed by atoms with Crippen molar-refractivity contribution in [2.75, 3.05) is 6.61 Å².